The van der Waals surface area contributed by atoms with Gasteiger partial charge in [0, 0.05) is 55.5 Å². The Morgan fingerprint density at radius 3 is 2.61 bits per heavy atom. The molecule has 0 aliphatic carbocycles. The zero-order chi connectivity index (χ0) is 27.3. The minimum atomic E-state index is 0.129. The number of rotatable bonds is 6. The van der Waals surface area contributed by atoms with Gasteiger partial charge in [0.15, 0.2) is 5.65 Å². The third-order valence-corrected chi connectivity index (χ3v) is 8.01. The molecule has 1 amide bonds. The number of nitrogens with zero attached hydrogens (tertiary/aromatic N) is 7. The van der Waals surface area contributed by atoms with Crippen LogP contribution in [0, 0.1) is 13.8 Å². The van der Waals surface area contributed by atoms with E-state index in [4.69, 9.17) is 4.98 Å². The third kappa shape index (κ3) is 4.53. The molecule has 9 heteroatoms. The molecule has 0 radical (unpaired) electrons. The third-order valence-electron chi connectivity index (χ3n) is 8.01. The standard InChI is InChI=1S/C29H40N8O/c1-17(2)26-27(22-15-37-29(30-16-31-37)21(6)20(22)5)32-23-9-10-24(33-28(23)26)35-13-19(4)36(14-18(35)3)25(38)11-12-34(7)8/h9-10,15-19,32H,11-14H2,1-8H3/t18-,19-/m0/s1. The number of H-pyrrole nitrogens is 1. The summed E-state index contributed by atoms with van der Waals surface area (Å²) in [6, 6.07) is 4.57. The van der Waals surface area contributed by atoms with Crippen LogP contribution in [0.15, 0.2) is 24.7 Å². The summed E-state index contributed by atoms with van der Waals surface area (Å²) >= 11 is 0. The van der Waals surface area contributed by atoms with Gasteiger partial charge in [0.05, 0.1) is 16.7 Å². The van der Waals surface area contributed by atoms with Crippen LogP contribution in [0.25, 0.3) is 27.9 Å². The van der Waals surface area contributed by atoms with Crippen molar-refractivity contribution in [3.05, 3.63) is 41.3 Å². The number of carbonyl (C=O) groups is 1. The number of carbonyl (C=O) groups excluding carboxylic acids is 1. The molecule has 1 N–H and O–H groups in total. The summed E-state index contributed by atoms with van der Waals surface area (Å²) in [5.74, 6) is 1.47. The van der Waals surface area contributed by atoms with E-state index in [-0.39, 0.29) is 23.9 Å². The van der Waals surface area contributed by atoms with Crippen LogP contribution in [-0.4, -0.2) is 86.1 Å². The number of piperazine rings is 1. The van der Waals surface area contributed by atoms with Gasteiger partial charge in [-0.15, -0.1) is 0 Å². The Morgan fingerprint density at radius 1 is 1.13 bits per heavy atom. The number of hydrogen-bond acceptors (Lipinski definition) is 6. The summed E-state index contributed by atoms with van der Waals surface area (Å²) in [5.41, 5.74) is 8.66. The van der Waals surface area contributed by atoms with Gasteiger partial charge in [-0.25, -0.2) is 14.5 Å². The highest BCUT2D eigenvalue weighted by atomic mass is 16.2. The van der Waals surface area contributed by atoms with E-state index in [2.05, 4.69) is 84.7 Å². The molecule has 5 rings (SSSR count). The second-order valence-electron chi connectivity index (χ2n) is 11.4. The lowest BCUT2D eigenvalue weighted by Gasteiger charge is -2.45. The first-order valence-electron chi connectivity index (χ1n) is 13.6. The summed E-state index contributed by atoms with van der Waals surface area (Å²) in [4.78, 5) is 32.7. The van der Waals surface area contributed by atoms with E-state index < -0.39 is 0 Å². The van der Waals surface area contributed by atoms with E-state index in [1.165, 1.54) is 11.1 Å². The number of pyridine rings is 2. The maximum absolute atomic E-state index is 12.9. The Labute approximate surface area is 224 Å². The molecule has 0 saturated carbocycles. The van der Waals surface area contributed by atoms with Gasteiger partial charge in [0.2, 0.25) is 5.91 Å². The van der Waals surface area contributed by atoms with Crippen molar-refractivity contribution in [1.29, 1.82) is 0 Å². The van der Waals surface area contributed by atoms with Crippen molar-refractivity contribution in [2.75, 3.05) is 38.6 Å². The summed E-state index contributed by atoms with van der Waals surface area (Å²) in [7, 11) is 4.01. The molecule has 1 fully saturated rings. The number of anilines is 1. The molecule has 38 heavy (non-hydrogen) atoms. The van der Waals surface area contributed by atoms with Crippen molar-refractivity contribution in [2.24, 2.45) is 0 Å². The van der Waals surface area contributed by atoms with Crippen molar-refractivity contribution in [1.82, 2.24) is 34.4 Å². The van der Waals surface area contributed by atoms with Gasteiger partial charge in [-0.3, -0.25) is 4.79 Å². The number of aryl methyl sites for hydroxylation is 1. The summed E-state index contributed by atoms with van der Waals surface area (Å²) in [6.07, 6.45) is 4.22. The van der Waals surface area contributed by atoms with Crippen LogP contribution in [-0.2, 0) is 4.79 Å². The molecule has 0 bridgehead atoms. The molecule has 1 aliphatic rings. The fourth-order valence-electron chi connectivity index (χ4n) is 5.72. The van der Waals surface area contributed by atoms with Gasteiger partial charge in [0.25, 0.3) is 0 Å². The van der Waals surface area contributed by atoms with E-state index in [0.29, 0.717) is 13.0 Å². The number of aromatic amines is 1. The molecular formula is C29H40N8O. The Kier molecular flexibility index (Phi) is 6.90. The van der Waals surface area contributed by atoms with Crippen molar-refractivity contribution in [3.8, 4) is 11.3 Å². The van der Waals surface area contributed by atoms with E-state index in [1.54, 1.807) is 6.33 Å². The minimum absolute atomic E-state index is 0.129. The zero-order valence-corrected chi connectivity index (χ0v) is 23.9. The van der Waals surface area contributed by atoms with Crippen molar-refractivity contribution >= 4 is 28.4 Å². The summed E-state index contributed by atoms with van der Waals surface area (Å²) in [6.45, 7) is 15.3. The highest BCUT2D eigenvalue weighted by Crippen LogP contribution is 2.38. The van der Waals surface area contributed by atoms with Gasteiger partial charge >= 0.3 is 0 Å². The van der Waals surface area contributed by atoms with Gasteiger partial charge in [-0.1, -0.05) is 13.8 Å². The lowest BCUT2D eigenvalue weighted by atomic mass is 9.95. The Balaban J connectivity index is 1.51. The molecule has 0 unspecified atom stereocenters. The molecule has 9 nitrogen and oxygen atoms in total. The fourth-order valence-corrected chi connectivity index (χ4v) is 5.72. The molecule has 4 aromatic heterocycles. The first-order chi connectivity index (χ1) is 18.1. The Morgan fingerprint density at radius 2 is 1.89 bits per heavy atom. The number of hydrogen-bond donors (Lipinski definition) is 1. The molecular weight excluding hydrogens is 476 g/mol. The van der Waals surface area contributed by atoms with Crippen LogP contribution >= 0.6 is 0 Å². The average Bonchev–Trinajstić information content (AvgIpc) is 3.50. The summed E-state index contributed by atoms with van der Waals surface area (Å²) in [5, 5.41) is 4.40. The van der Waals surface area contributed by atoms with Crippen LogP contribution in [0.3, 0.4) is 0 Å². The number of nitrogens with one attached hydrogen (secondary N) is 1. The van der Waals surface area contributed by atoms with E-state index in [9.17, 15) is 4.79 Å². The minimum Gasteiger partial charge on any atom is -0.353 e. The van der Waals surface area contributed by atoms with Gasteiger partial charge in [-0.05, 0) is 71.0 Å². The van der Waals surface area contributed by atoms with E-state index in [0.717, 1.165) is 52.4 Å². The molecule has 0 aromatic carbocycles. The molecule has 2 atom stereocenters. The second-order valence-corrected chi connectivity index (χ2v) is 11.4. The maximum atomic E-state index is 12.9. The van der Waals surface area contributed by atoms with E-state index >= 15 is 0 Å². The number of aromatic nitrogens is 5. The lowest BCUT2D eigenvalue weighted by molar-refractivity contribution is -0.134. The smallest absolute Gasteiger partial charge is 0.224 e. The largest absolute Gasteiger partial charge is 0.353 e. The highest BCUT2D eigenvalue weighted by molar-refractivity contribution is 5.90. The average molecular weight is 517 g/mol. The molecule has 1 aliphatic heterocycles. The predicted octanol–water partition coefficient (Wildman–Crippen LogP) is 4.39. The second kappa shape index (κ2) is 10.0. The van der Waals surface area contributed by atoms with Gasteiger partial charge < -0.3 is 19.7 Å². The quantitative estimate of drug-likeness (QED) is 0.409. The monoisotopic (exact) mass is 516 g/mol. The Hall–Kier alpha value is -3.46. The van der Waals surface area contributed by atoms with Crippen LogP contribution in [0.4, 0.5) is 5.82 Å². The first kappa shape index (κ1) is 26.2. The van der Waals surface area contributed by atoms with Gasteiger partial charge in [0.1, 0.15) is 12.1 Å². The zero-order valence-electron chi connectivity index (χ0n) is 23.9. The Bertz CT molecular complexity index is 1480. The van der Waals surface area contributed by atoms with E-state index in [1.807, 2.05) is 23.5 Å². The number of amides is 1. The first-order valence-corrected chi connectivity index (χ1v) is 13.6. The molecule has 1 saturated heterocycles. The number of fused-ring (bicyclic) bond motifs is 2. The van der Waals surface area contributed by atoms with Crippen LogP contribution < -0.4 is 4.90 Å². The van der Waals surface area contributed by atoms with Crippen LogP contribution in [0.5, 0.6) is 0 Å². The fraction of sp³-hybridized carbons (Fsp3) is 0.517. The maximum Gasteiger partial charge on any atom is 0.224 e. The normalized spacial score (nSPS) is 18.5. The van der Waals surface area contributed by atoms with Crippen molar-refractivity contribution < 1.29 is 4.79 Å². The molecule has 4 aromatic rings. The topological polar surface area (TPSA) is 85.7 Å². The SMILES string of the molecule is Cc1c(-c2[nH]c3ccc(N4C[C@H](C)N(C(=O)CCN(C)C)C[C@@H]4C)nc3c2C(C)C)cn2ncnc2c1C. The predicted molar refractivity (Wildman–Crippen MR) is 153 cm³/mol. The molecule has 5 heterocycles. The van der Waals surface area contributed by atoms with Crippen molar-refractivity contribution in [2.45, 2.75) is 66.0 Å². The van der Waals surface area contributed by atoms with Gasteiger partial charge in [-0.2, -0.15) is 5.10 Å². The summed E-state index contributed by atoms with van der Waals surface area (Å²) < 4.78 is 1.86. The molecule has 0 spiro atoms. The molecule has 202 valence electrons. The van der Waals surface area contributed by atoms with Crippen LogP contribution in [0.1, 0.15) is 56.7 Å². The van der Waals surface area contributed by atoms with Crippen LogP contribution in [0.2, 0.25) is 0 Å². The van der Waals surface area contributed by atoms with Crippen molar-refractivity contribution in [3.63, 3.8) is 0 Å². The lowest BCUT2D eigenvalue weighted by Crippen LogP contribution is -2.58. The highest BCUT2D eigenvalue weighted by Gasteiger charge is 2.33.